The first-order valence-corrected chi connectivity index (χ1v) is 6.33. The molecule has 0 radical (unpaired) electrons. The molecule has 17 heavy (non-hydrogen) atoms. The zero-order chi connectivity index (χ0) is 11.2. The van der Waals surface area contributed by atoms with Gasteiger partial charge in [-0.2, -0.15) is 0 Å². The third-order valence-electron chi connectivity index (χ3n) is 3.91. The number of benzene rings is 1. The van der Waals surface area contributed by atoms with Crippen LogP contribution >= 0.6 is 0 Å². The lowest BCUT2D eigenvalue weighted by atomic mass is 9.83. The molecule has 0 amide bonds. The van der Waals surface area contributed by atoms with Crippen molar-refractivity contribution in [3.8, 4) is 0 Å². The molecule has 0 N–H and O–H groups in total. The minimum atomic E-state index is 1.07. The third kappa shape index (κ3) is 1.20. The summed E-state index contributed by atoms with van der Waals surface area (Å²) in [5, 5.41) is 1.28. The number of hydrogen-bond donors (Lipinski definition) is 0. The SMILES string of the molecule is C1=Cc2c(c3c(c4occc24)C=CCC3)CC1. The topological polar surface area (TPSA) is 13.1 Å². The van der Waals surface area contributed by atoms with Crippen LogP contribution < -0.4 is 0 Å². The predicted octanol–water partition coefficient (Wildman–Crippen LogP) is 4.35. The summed E-state index contributed by atoms with van der Waals surface area (Å²) >= 11 is 0. The Kier molecular flexibility index (Phi) is 1.84. The Hall–Kier alpha value is -1.76. The Bertz CT molecular complexity index is 600. The van der Waals surface area contributed by atoms with Gasteiger partial charge in [-0.3, -0.25) is 0 Å². The number of allylic oxidation sites excluding steroid dienone is 2. The molecule has 84 valence electrons. The number of rotatable bonds is 0. The van der Waals surface area contributed by atoms with Gasteiger partial charge in [0.2, 0.25) is 0 Å². The number of hydrogen-bond acceptors (Lipinski definition) is 1. The van der Waals surface area contributed by atoms with E-state index < -0.39 is 0 Å². The van der Waals surface area contributed by atoms with Crippen LogP contribution in [0.3, 0.4) is 0 Å². The molecule has 1 nitrogen and oxygen atoms in total. The highest BCUT2D eigenvalue weighted by molar-refractivity contribution is 5.96. The summed E-state index contributed by atoms with van der Waals surface area (Å²) in [5.41, 5.74) is 6.87. The Morgan fingerprint density at radius 1 is 0.882 bits per heavy atom. The quantitative estimate of drug-likeness (QED) is 0.645. The first-order valence-electron chi connectivity index (χ1n) is 6.33. The molecule has 0 unspecified atom stereocenters. The van der Waals surface area contributed by atoms with Crippen molar-refractivity contribution in [2.75, 3.05) is 0 Å². The van der Waals surface area contributed by atoms with E-state index >= 15 is 0 Å². The average Bonchev–Trinajstić information content (AvgIpc) is 2.89. The molecule has 0 bridgehead atoms. The zero-order valence-corrected chi connectivity index (χ0v) is 9.70. The van der Waals surface area contributed by atoms with Crippen LogP contribution in [0.1, 0.15) is 35.1 Å². The van der Waals surface area contributed by atoms with Crippen LogP contribution in [0.15, 0.2) is 28.9 Å². The molecule has 2 aliphatic carbocycles. The lowest BCUT2D eigenvalue weighted by Crippen LogP contribution is -2.06. The van der Waals surface area contributed by atoms with Gasteiger partial charge in [-0.1, -0.05) is 24.3 Å². The van der Waals surface area contributed by atoms with Gasteiger partial charge in [-0.05, 0) is 48.4 Å². The smallest absolute Gasteiger partial charge is 0.141 e. The van der Waals surface area contributed by atoms with E-state index in [0.29, 0.717) is 0 Å². The second kappa shape index (κ2) is 3.36. The summed E-state index contributed by atoms with van der Waals surface area (Å²) in [5.74, 6) is 0. The summed E-state index contributed by atoms with van der Waals surface area (Å²) in [4.78, 5) is 0. The molecule has 0 aliphatic heterocycles. The van der Waals surface area contributed by atoms with E-state index in [2.05, 4.69) is 30.4 Å². The van der Waals surface area contributed by atoms with Crippen molar-refractivity contribution in [1.82, 2.24) is 0 Å². The van der Waals surface area contributed by atoms with Crippen LogP contribution in [0.2, 0.25) is 0 Å². The first-order chi connectivity index (χ1) is 8.45. The third-order valence-corrected chi connectivity index (χ3v) is 3.91. The molecule has 0 saturated heterocycles. The van der Waals surface area contributed by atoms with Gasteiger partial charge in [0.05, 0.1) is 6.26 Å². The van der Waals surface area contributed by atoms with Gasteiger partial charge in [-0.25, -0.2) is 0 Å². The van der Waals surface area contributed by atoms with E-state index in [0.717, 1.165) is 12.0 Å². The van der Waals surface area contributed by atoms with Gasteiger partial charge in [0, 0.05) is 10.9 Å². The predicted molar refractivity (Wildman–Crippen MR) is 70.9 cm³/mol. The van der Waals surface area contributed by atoms with Crippen molar-refractivity contribution in [3.63, 3.8) is 0 Å². The average molecular weight is 222 g/mol. The van der Waals surface area contributed by atoms with Gasteiger partial charge in [0.15, 0.2) is 0 Å². The summed E-state index contributed by atoms with van der Waals surface area (Å²) in [6, 6.07) is 2.10. The van der Waals surface area contributed by atoms with E-state index in [1.165, 1.54) is 41.3 Å². The Morgan fingerprint density at radius 2 is 1.59 bits per heavy atom. The maximum absolute atomic E-state index is 5.70. The minimum Gasteiger partial charge on any atom is -0.464 e. The molecule has 1 heterocycles. The number of fused-ring (bicyclic) bond motifs is 6. The molecule has 0 saturated carbocycles. The highest BCUT2D eigenvalue weighted by Crippen LogP contribution is 2.38. The van der Waals surface area contributed by atoms with Crippen LogP contribution in [-0.2, 0) is 12.8 Å². The maximum atomic E-state index is 5.70. The van der Waals surface area contributed by atoms with Crippen LogP contribution in [-0.4, -0.2) is 0 Å². The fourth-order valence-corrected chi connectivity index (χ4v) is 3.15. The van der Waals surface area contributed by atoms with E-state index in [1.54, 1.807) is 5.56 Å². The molecule has 1 aromatic carbocycles. The first kappa shape index (κ1) is 9.29. The van der Waals surface area contributed by atoms with E-state index in [-0.39, 0.29) is 0 Å². The zero-order valence-electron chi connectivity index (χ0n) is 9.70. The largest absolute Gasteiger partial charge is 0.464 e. The van der Waals surface area contributed by atoms with Crippen molar-refractivity contribution < 1.29 is 4.42 Å². The van der Waals surface area contributed by atoms with Crippen molar-refractivity contribution in [3.05, 3.63) is 46.7 Å². The second-order valence-corrected chi connectivity index (χ2v) is 4.83. The van der Waals surface area contributed by atoms with Crippen LogP contribution in [0.25, 0.3) is 23.1 Å². The fourth-order valence-electron chi connectivity index (χ4n) is 3.15. The monoisotopic (exact) mass is 222 g/mol. The van der Waals surface area contributed by atoms with Crippen LogP contribution in [0.5, 0.6) is 0 Å². The lowest BCUT2D eigenvalue weighted by Gasteiger charge is -2.21. The highest BCUT2D eigenvalue weighted by atomic mass is 16.3. The minimum absolute atomic E-state index is 1.07. The molecular formula is C16H14O. The molecule has 2 aromatic rings. The van der Waals surface area contributed by atoms with Crippen LogP contribution in [0.4, 0.5) is 0 Å². The summed E-state index contributed by atoms with van der Waals surface area (Å²) in [7, 11) is 0. The van der Waals surface area contributed by atoms with Crippen molar-refractivity contribution >= 4 is 23.1 Å². The molecule has 1 heteroatoms. The van der Waals surface area contributed by atoms with Crippen molar-refractivity contribution in [2.24, 2.45) is 0 Å². The molecule has 0 atom stereocenters. The summed E-state index contributed by atoms with van der Waals surface area (Å²) in [6.45, 7) is 0. The molecule has 2 aliphatic rings. The van der Waals surface area contributed by atoms with Gasteiger partial charge in [0.25, 0.3) is 0 Å². The van der Waals surface area contributed by atoms with Crippen molar-refractivity contribution in [1.29, 1.82) is 0 Å². The van der Waals surface area contributed by atoms with Gasteiger partial charge in [-0.15, -0.1) is 0 Å². The van der Waals surface area contributed by atoms with Gasteiger partial charge < -0.3 is 4.42 Å². The normalized spacial score (nSPS) is 17.2. The van der Waals surface area contributed by atoms with Gasteiger partial charge >= 0.3 is 0 Å². The molecule has 0 spiro atoms. The maximum Gasteiger partial charge on any atom is 0.141 e. The highest BCUT2D eigenvalue weighted by Gasteiger charge is 2.20. The molecular weight excluding hydrogens is 208 g/mol. The summed E-state index contributed by atoms with van der Waals surface area (Å²) in [6.07, 6.45) is 15.5. The van der Waals surface area contributed by atoms with Crippen molar-refractivity contribution in [2.45, 2.75) is 25.7 Å². The Labute approximate surface area is 100 Å². The lowest BCUT2D eigenvalue weighted by molar-refractivity contribution is 0.614. The summed E-state index contributed by atoms with van der Waals surface area (Å²) < 4.78 is 5.70. The van der Waals surface area contributed by atoms with E-state index in [4.69, 9.17) is 4.42 Å². The molecule has 4 rings (SSSR count). The molecule has 0 fully saturated rings. The Morgan fingerprint density at radius 3 is 2.41 bits per heavy atom. The Balaban J connectivity index is 2.20. The van der Waals surface area contributed by atoms with E-state index in [1.807, 2.05) is 6.26 Å². The standard InChI is InChI=1S/C16H14O/c1-2-7-13-11(5-1)12-6-3-4-8-14(12)16-15(13)9-10-17-16/h2,4,7-10H,1,3,5-6H2. The van der Waals surface area contributed by atoms with Crippen LogP contribution in [0, 0.1) is 0 Å². The molecule has 1 aromatic heterocycles. The number of furan rings is 1. The van der Waals surface area contributed by atoms with E-state index in [9.17, 15) is 0 Å². The fraction of sp³-hybridized carbons (Fsp3) is 0.250. The van der Waals surface area contributed by atoms with Gasteiger partial charge in [0.1, 0.15) is 5.58 Å². The second-order valence-electron chi connectivity index (χ2n) is 4.83.